The summed E-state index contributed by atoms with van der Waals surface area (Å²) in [4.78, 5) is 24.0. The Labute approximate surface area is 157 Å². The van der Waals surface area contributed by atoms with Crippen molar-refractivity contribution >= 4 is 23.2 Å². The summed E-state index contributed by atoms with van der Waals surface area (Å²) >= 11 is 0. The molecule has 2 aliphatic heterocycles. The Bertz CT molecular complexity index is 897. The molecule has 0 bridgehead atoms. The van der Waals surface area contributed by atoms with E-state index in [0.29, 0.717) is 24.4 Å². The molecule has 0 saturated heterocycles. The van der Waals surface area contributed by atoms with Crippen LogP contribution in [0.2, 0.25) is 0 Å². The van der Waals surface area contributed by atoms with Crippen LogP contribution in [0.25, 0.3) is 0 Å². The number of methoxy groups -OCH3 is 1. The number of amides is 2. The van der Waals surface area contributed by atoms with Crippen molar-refractivity contribution in [2.24, 2.45) is 5.92 Å². The summed E-state index contributed by atoms with van der Waals surface area (Å²) < 4.78 is 11.0. The first kappa shape index (κ1) is 17.2. The number of ether oxygens (including phenoxy) is 2. The van der Waals surface area contributed by atoms with Crippen LogP contribution in [0.15, 0.2) is 36.4 Å². The molecule has 27 heavy (non-hydrogen) atoms. The van der Waals surface area contributed by atoms with Gasteiger partial charge in [0.05, 0.1) is 31.6 Å². The van der Waals surface area contributed by atoms with E-state index in [9.17, 15) is 9.59 Å². The molecule has 2 amide bonds. The maximum atomic E-state index is 12.5. The van der Waals surface area contributed by atoms with Gasteiger partial charge >= 0.3 is 0 Å². The van der Waals surface area contributed by atoms with Crippen LogP contribution >= 0.6 is 0 Å². The fraction of sp³-hybridized carbons (Fsp3) is 0.300. The van der Waals surface area contributed by atoms with Crippen molar-refractivity contribution in [3.05, 3.63) is 47.5 Å². The average Bonchev–Trinajstić information content (AvgIpc) is 2.70. The molecule has 2 aromatic rings. The quantitative estimate of drug-likeness (QED) is 0.770. The maximum Gasteiger partial charge on any atom is 0.251 e. The van der Waals surface area contributed by atoms with E-state index in [1.54, 1.807) is 25.3 Å². The lowest BCUT2D eigenvalue weighted by atomic mass is 9.96. The summed E-state index contributed by atoms with van der Waals surface area (Å²) in [5.74, 6) is 1.53. The predicted molar refractivity (Wildman–Crippen MR) is 102 cm³/mol. The van der Waals surface area contributed by atoms with E-state index in [1.807, 2.05) is 18.2 Å². The molecule has 140 valence electrons. The molecule has 0 saturated carbocycles. The van der Waals surface area contributed by atoms with Crippen LogP contribution in [0.5, 0.6) is 11.5 Å². The van der Waals surface area contributed by atoms with Crippen LogP contribution in [0.3, 0.4) is 0 Å². The highest BCUT2D eigenvalue weighted by Gasteiger charge is 2.22. The highest BCUT2D eigenvalue weighted by molar-refractivity contribution is 6.03. The monoisotopic (exact) mass is 367 g/mol. The maximum absolute atomic E-state index is 12.5. The Morgan fingerprint density at radius 2 is 2.15 bits per heavy atom. The second-order valence-electron chi connectivity index (χ2n) is 6.73. The van der Waals surface area contributed by atoms with Crippen LogP contribution in [-0.4, -0.2) is 38.6 Å². The third kappa shape index (κ3) is 3.67. The van der Waals surface area contributed by atoms with Gasteiger partial charge in [0, 0.05) is 24.1 Å². The highest BCUT2D eigenvalue weighted by atomic mass is 16.5. The second kappa shape index (κ2) is 7.19. The zero-order valence-electron chi connectivity index (χ0n) is 15.0. The number of fused-ring (bicyclic) bond motifs is 2. The van der Waals surface area contributed by atoms with E-state index in [1.165, 1.54) is 0 Å². The molecule has 0 spiro atoms. The first-order chi connectivity index (χ1) is 13.1. The summed E-state index contributed by atoms with van der Waals surface area (Å²) in [6, 6.07) is 11.0. The molecule has 1 atom stereocenters. The van der Waals surface area contributed by atoms with Gasteiger partial charge in [-0.05, 0) is 36.2 Å². The van der Waals surface area contributed by atoms with Crippen molar-refractivity contribution < 1.29 is 19.1 Å². The van der Waals surface area contributed by atoms with Gasteiger partial charge in [-0.25, -0.2) is 0 Å². The van der Waals surface area contributed by atoms with Gasteiger partial charge in [0.15, 0.2) is 0 Å². The largest absolute Gasteiger partial charge is 0.497 e. The lowest BCUT2D eigenvalue weighted by Gasteiger charge is -2.26. The van der Waals surface area contributed by atoms with Gasteiger partial charge in [-0.1, -0.05) is 6.07 Å². The number of carbonyl (C=O) groups is 2. The minimum atomic E-state index is -0.168. The van der Waals surface area contributed by atoms with Crippen LogP contribution in [0, 0.1) is 5.92 Å². The molecule has 3 N–H and O–H groups in total. The zero-order valence-corrected chi connectivity index (χ0v) is 15.0. The summed E-state index contributed by atoms with van der Waals surface area (Å²) in [5, 5.41) is 8.74. The predicted octanol–water partition coefficient (Wildman–Crippen LogP) is 2.04. The number of carbonyl (C=O) groups excluding carboxylic acids is 2. The molecular weight excluding hydrogens is 346 g/mol. The molecule has 2 heterocycles. The Kier molecular flexibility index (Phi) is 4.58. The molecular formula is C20H21N3O4. The molecule has 2 aromatic carbocycles. The van der Waals surface area contributed by atoms with E-state index in [2.05, 4.69) is 16.0 Å². The highest BCUT2D eigenvalue weighted by Crippen LogP contribution is 2.31. The standard InChI is InChI=1S/C20H21N3O4/c1-26-15-4-2-13-6-12(11-27-18(13)8-15)9-22-20(25)14-3-5-16-17(7-14)23-19(24)10-21-16/h2-5,7-8,12,21H,6,9-11H2,1H3,(H,22,25)(H,23,24)/t12-/m1/s1. The average molecular weight is 367 g/mol. The Morgan fingerprint density at radius 3 is 3.00 bits per heavy atom. The molecule has 2 aliphatic rings. The number of hydrogen-bond acceptors (Lipinski definition) is 5. The molecule has 4 rings (SSSR count). The van der Waals surface area contributed by atoms with Crippen LogP contribution in [0.1, 0.15) is 15.9 Å². The molecule has 0 aliphatic carbocycles. The SMILES string of the molecule is COc1ccc2c(c1)OC[C@@H](CNC(=O)c1ccc3c(c1)NC(=O)CN3)C2. The Morgan fingerprint density at radius 1 is 1.26 bits per heavy atom. The Balaban J connectivity index is 1.37. The van der Waals surface area contributed by atoms with Crippen molar-refractivity contribution in [3.63, 3.8) is 0 Å². The van der Waals surface area contributed by atoms with Crippen LogP contribution in [-0.2, 0) is 11.2 Å². The molecule has 0 fully saturated rings. The number of anilines is 2. The minimum Gasteiger partial charge on any atom is -0.497 e. The van der Waals surface area contributed by atoms with E-state index in [4.69, 9.17) is 9.47 Å². The summed E-state index contributed by atoms with van der Waals surface area (Å²) in [6.07, 6.45) is 0.837. The molecule has 0 unspecified atom stereocenters. The molecule has 7 heteroatoms. The van der Waals surface area contributed by atoms with Crippen molar-refractivity contribution in [1.82, 2.24) is 5.32 Å². The third-order valence-electron chi connectivity index (χ3n) is 4.80. The van der Waals surface area contributed by atoms with Crippen molar-refractivity contribution in [3.8, 4) is 11.5 Å². The topological polar surface area (TPSA) is 88.7 Å². The number of rotatable bonds is 4. The van der Waals surface area contributed by atoms with E-state index in [0.717, 1.165) is 29.2 Å². The lowest BCUT2D eigenvalue weighted by Crippen LogP contribution is -2.35. The lowest BCUT2D eigenvalue weighted by molar-refractivity contribution is -0.114. The van der Waals surface area contributed by atoms with Gasteiger partial charge in [-0.2, -0.15) is 0 Å². The second-order valence-corrected chi connectivity index (χ2v) is 6.73. The normalized spacial score (nSPS) is 17.5. The summed E-state index contributed by atoms with van der Waals surface area (Å²) in [7, 11) is 1.63. The fourth-order valence-electron chi connectivity index (χ4n) is 3.33. The van der Waals surface area contributed by atoms with Gasteiger partial charge in [0.25, 0.3) is 5.91 Å². The molecule has 0 radical (unpaired) electrons. The van der Waals surface area contributed by atoms with Crippen LogP contribution in [0.4, 0.5) is 11.4 Å². The van der Waals surface area contributed by atoms with Gasteiger partial charge in [-0.3, -0.25) is 9.59 Å². The third-order valence-corrected chi connectivity index (χ3v) is 4.80. The first-order valence-electron chi connectivity index (χ1n) is 8.88. The number of benzene rings is 2. The number of nitrogens with one attached hydrogen (secondary N) is 3. The summed E-state index contributed by atoms with van der Waals surface area (Å²) in [6.45, 7) is 1.31. The molecule has 7 nitrogen and oxygen atoms in total. The van der Waals surface area contributed by atoms with E-state index < -0.39 is 0 Å². The van der Waals surface area contributed by atoms with Gasteiger partial charge in [0.1, 0.15) is 11.5 Å². The van der Waals surface area contributed by atoms with Crippen molar-refractivity contribution in [2.75, 3.05) is 37.4 Å². The van der Waals surface area contributed by atoms with Gasteiger partial charge < -0.3 is 25.4 Å². The first-order valence-corrected chi connectivity index (χ1v) is 8.88. The smallest absolute Gasteiger partial charge is 0.251 e. The van der Waals surface area contributed by atoms with Crippen molar-refractivity contribution in [2.45, 2.75) is 6.42 Å². The van der Waals surface area contributed by atoms with Gasteiger partial charge in [-0.15, -0.1) is 0 Å². The summed E-state index contributed by atoms with van der Waals surface area (Å²) in [5.41, 5.74) is 3.07. The minimum absolute atomic E-state index is 0.116. The fourth-order valence-corrected chi connectivity index (χ4v) is 3.33. The molecule has 0 aromatic heterocycles. The van der Waals surface area contributed by atoms with Gasteiger partial charge in [0.2, 0.25) is 5.91 Å². The Hall–Kier alpha value is -3.22. The van der Waals surface area contributed by atoms with Crippen molar-refractivity contribution in [1.29, 1.82) is 0 Å². The number of hydrogen-bond donors (Lipinski definition) is 3. The zero-order chi connectivity index (χ0) is 18.8. The van der Waals surface area contributed by atoms with E-state index in [-0.39, 0.29) is 24.3 Å². The van der Waals surface area contributed by atoms with E-state index >= 15 is 0 Å². The van der Waals surface area contributed by atoms with Crippen LogP contribution < -0.4 is 25.4 Å².